The molecule has 3 rings (SSSR count). The maximum Gasteiger partial charge on any atom is 0.259 e. The van der Waals surface area contributed by atoms with E-state index in [0.29, 0.717) is 11.6 Å². The van der Waals surface area contributed by atoms with Crippen molar-refractivity contribution in [3.8, 4) is 5.75 Å². The maximum atomic E-state index is 12.0. The van der Waals surface area contributed by atoms with Gasteiger partial charge in [-0.1, -0.05) is 29.8 Å². The number of carbonyl (C=O) groups excluding carboxylic acids is 1. The van der Waals surface area contributed by atoms with Crippen molar-refractivity contribution in [2.45, 2.75) is 6.61 Å². The normalized spacial score (nSPS) is 10.8. The predicted octanol–water partition coefficient (Wildman–Crippen LogP) is 6.30. The zero-order valence-corrected chi connectivity index (χ0v) is 23.3. The van der Waals surface area contributed by atoms with Crippen LogP contribution in [0.2, 0.25) is 5.02 Å². The number of nitrogens with zero attached hydrogens (tertiary/aromatic N) is 1. The third-order valence-electron chi connectivity index (χ3n) is 4.05. The maximum absolute atomic E-state index is 12.0. The fourth-order valence-electron chi connectivity index (χ4n) is 2.53. The molecular formula is C22H17ClI3N3O2. The monoisotopic (exact) mass is 771 g/mol. The Labute approximate surface area is 226 Å². The second kappa shape index (κ2) is 12.2. The van der Waals surface area contributed by atoms with Crippen molar-refractivity contribution in [2.24, 2.45) is 5.10 Å². The van der Waals surface area contributed by atoms with Crippen LogP contribution in [0, 0.1) is 10.7 Å². The van der Waals surface area contributed by atoms with Crippen molar-refractivity contribution in [1.29, 1.82) is 0 Å². The van der Waals surface area contributed by atoms with Crippen LogP contribution >= 0.6 is 79.4 Å². The lowest BCUT2D eigenvalue weighted by atomic mass is 10.2. The minimum Gasteiger partial charge on any atom is -0.487 e. The summed E-state index contributed by atoms with van der Waals surface area (Å²) in [5.74, 6) is 0.572. The zero-order valence-electron chi connectivity index (χ0n) is 16.0. The van der Waals surface area contributed by atoms with Crippen LogP contribution in [0.3, 0.4) is 0 Å². The molecule has 0 heterocycles. The Morgan fingerprint density at radius 1 is 1.03 bits per heavy atom. The average molecular weight is 772 g/mol. The van der Waals surface area contributed by atoms with E-state index in [1.165, 1.54) is 0 Å². The minimum atomic E-state index is -0.223. The molecule has 3 aromatic carbocycles. The van der Waals surface area contributed by atoms with E-state index < -0.39 is 0 Å². The van der Waals surface area contributed by atoms with Gasteiger partial charge in [-0.05, 0) is 116 Å². The van der Waals surface area contributed by atoms with Gasteiger partial charge in [-0.3, -0.25) is 4.79 Å². The van der Waals surface area contributed by atoms with Gasteiger partial charge in [0.2, 0.25) is 0 Å². The lowest BCUT2D eigenvalue weighted by Gasteiger charge is -2.12. The van der Waals surface area contributed by atoms with E-state index in [0.717, 1.165) is 33.3 Å². The zero-order chi connectivity index (χ0) is 22.2. The summed E-state index contributed by atoms with van der Waals surface area (Å²) in [6.45, 7) is 0.532. The molecule has 0 aliphatic heterocycles. The third-order valence-corrected chi connectivity index (χ3v) is 6.74. The van der Waals surface area contributed by atoms with Crippen LogP contribution in [-0.4, -0.2) is 18.7 Å². The van der Waals surface area contributed by atoms with Gasteiger partial charge in [-0.2, -0.15) is 5.10 Å². The average Bonchev–Trinajstić information content (AvgIpc) is 2.74. The number of benzene rings is 3. The number of anilines is 1. The number of carbonyl (C=O) groups is 1. The highest BCUT2D eigenvalue weighted by atomic mass is 127. The number of amides is 1. The number of halogens is 4. The molecule has 0 saturated carbocycles. The molecule has 0 aliphatic carbocycles. The van der Waals surface area contributed by atoms with Gasteiger partial charge in [0.25, 0.3) is 5.91 Å². The van der Waals surface area contributed by atoms with Crippen LogP contribution in [0.5, 0.6) is 5.75 Å². The standard InChI is InChI=1S/C22H17ClI3N3O2/c23-18-4-2-1-3-15(18)13-31-22-19(25)9-14(10-20(22)26)11-28-29-21(30)12-27-17-7-5-16(24)6-8-17/h1-11,27H,12-13H2,(H,29,30)/b28-11+. The first-order valence-corrected chi connectivity index (χ1v) is 12.7. The van der Waals surface area contributed by atoms with Gasteiger partial charge in [0.1, 0.15) is 12.4 Å². The first-order valence-electron chi connectivity index (χ1n) is 9.09. The van der Waals surface area contributed by atoms with E-state index in [9.17, 15) is 4.79 Å². The molecule has 0 aliphatic rings. The second-order valence-corrected chi connectivity index (χ2v) is 10.3. The molecule has 0 saturated heterocycles. The fraction of sp³-hybridized carbons (Fsp3) is 0.0909. The summed E-state index contributed by atoms with van der Waals surface area (Å²) in [5.41, 5.74) is 5.22. The number of hydrazone groups is 1. The molecule has 3 aromatic rings. The highest BCUT2D eigenvalue weighted by Crippen LogP contribution is 2.30. The Morgan fingerprint density at radius 2 is 1.71 bits per heavy atom. The molecule has 0 bridgehead atoms. The molecule has 0 aromatic heterocycles. The van der Waals surface area contributed by atoms with Crippen molar-refractivity contribution in [3.05, 3.63) is 87.5 Å². The van der Waals surface area contributed by atoms with Gasteiger partial charge in [-0.25, -0.2) is 5.43 Å². The van der Waals surface area contributed by atoms with Crippen LogP contribution in [0.4, 0.5) is 5.69 Å². The predicted molar refractivity (Wildman–Crippen MR) is 151 cm³/mol. The van der Waals surface area contributed by atoms with Crippen molar-refractivity contribution in [1.82, 2.24) is 5.43 Å². The smallest absolute Gasteiger partial charge is 0.259 e. The third kappa shape index (κ3) is 7.75. The van der Waals surface area contributed by atoms with E-state index in [2.05, 4.69) is 83.6 Å². The van der Waals surface area contributed by atoms with Gasteiger partial charge in [0, 0.05) is 19.8 Å². The van der Waals surface area contributed by atoms with Gasteiger partial charge in [-0.15, -0.1) is 0 Å². The Balaban J connectivity index is 1.54. The van der Waals surface area contributed by atoms with Gasteiger partial charge >= 0.3 is 0 Å². The minimum absolute atomic E-state index is 0.141. The number of ether oxygens (including phenoxy) is 1. The molecule has 2 N–H and O–H groups in total. The molecule has 0 fully saturated rings. The van der Waals surface area contributed by atoms with Crippen LogP contribution in [0.15, 0.2) is 65.8 Å². The van der Waals surface area contributed by atoms with Crippen LogP contribution in [0.25, 0.3) is 0 Å². The highest BCUT2D eigenvalue weighted by Gasteiger charge is 2.10. The SMILES string of the molecule is O=C(CNc1ccc(I)cc1)N/N=C/c1cc(I)c(OCc2ccccc2Cl)c(I)c1. The van der Waals surface area contributed by atoms with Gasteiger partial charge in [0.15, 0.2) is 0 Å². The lowest BCUT2D eigenvalue weighted by Crippen LogP contribution is -2.25. The van der Waals surface area contributed by atoms with Crippen LogP contribution in [0.1, 0.15) is 11.1 Å². The first-order chi connectivity index (χ1) is 14.9. The van der Waals surface area contributed by atoms with E-state index >= 15 is 0 Å². The molecule has 5 nitrogen and oxygen atoms in total. The number of hydrogen-bond acceptors (Lipinski definition) is 4. The van der Waals surface area contributed by atoms with E-state index in [-0.39, 0.29) is 12.5 Å². The van der Waals surface area contributed by atoms with E-state index in [1.54, 1.807) is 6.21 Å². The Kier molecular flexibility index (Phi) is 9.66. The van der Waals surface area contributed by atoms with E-state index in [4.69, 9.17) is 16.3 Å². The number of hydrogen-bond donors (Lipinski definition) is 2. The van der Waals surface area contributed by atoms with Crippen LogP contribution < -0.4 is 15.5 Å². The van der Waals surface area contributed by atoms with Crippen molar-refractivity contribution in [3.63, 3.8) is 0 Å². The molecule has 9 heteroatoms. The van der Waals surface area contributed by atoms with E-state index in [1.807, 2.05) is 60.7 Å². The quantitative estimate of drug-likeness (QED) is 0.161. The molecule has 0 atom stereocenters. The molecule has 31 heavy (non-hydrogen) atoms. The molecule has 0 unspecified atom stereocenters. The largest absolute Gasteiger partial charge is 0.487 e. The van der Waals surface area contributed by atoms with Gasteiger partial charge in [0.05, 0.1) is 19.9 Å². The number of nitrogens with one attached hydrogen (secondary N) is 2. The highest BCUT2D eigenvalue weighted by molar-refractivity contribution is 14.1. The van der Waals surface area contributed by atoms with Crippen molar-refractivity contribution >= 4 is 97.2 Å². The first kappa shape index (κ1) is 24.5. The summed E-state index contributed by atoms with van der Waals surface area (Å²) in [6.07, 6.45) is 1.62. The number of rotatable bonds is 8. The van der Waals surface area contributed by atoms with Crippen molar-refractivity contribution < 1.29 is 9.53 Å². The topological polar surface area (TPSA) is 62.7 Å². The molecule has 0 spiro atoms. The summed E-state index contributed by atoms with van der Waals surface area (Å²) in [7, 11) is 0. The summed E-state index contributed by atoms with van der Waals surface area (Å²) in [5, 5.41) is 7.80. The molecule has 0 radical (unpaired) electrons. The second-order valence-electron chi connectivity index (χ2n) is 6.35. The lowest BCUT2D eigenvalue weighted by molar-refractivity contribution is -0.119. The van der Waals surface area contributed by atoms with Gasteiger partial charge < -0.3 is 10.1 Å². The molecule has 1 amide bonds. The summed E-state index contributed by atoms with van der Waals surface area (Å²) in [4.78, 5) is 12.0. The summed E-state index contributed by atoms with van der Waals surface area (Å²) < 4.78 is 9.03. The Morgan fingerprint density at radius 3 is 2.39 bits per heavy atom. The summed E-state index contributed by atoms with van der Waals surface area (Å²) in [6, 6.07) is 19.3. The van der Waals surface area contributed by atoms with Crippen molar-refractivity contribution in [2.75, 3.05) is 11.9 Å². The molecule has 160 valence electrons. The Hall–Kier alpha value is -1.12. The molecular weight excluding hydrogens is 754 g/mol. The summed E-state index contributed by atoms with van der Waals surface area (Å²) >= 11 is 12.9. The Bertz CT molecular complexity index is 1070. The fourth-order valence-corrected chi connectivity index (χ4v) is 5.20. The van der Waals surface area contributed by atoms with Crippen LogP contribution in [-0.2, 0) is 11.4 Å².